The van der Waals surface area contributed by atoms with Gasteiger partial charge in [-0.05, 0) is 13.5 Å². The molecule has 0 aromatic carbocycles. The number of carbonyl (C=O) groups is 1. The van der Waals surface area contributed by atoms with Gasteiger partial charge in [-0.25, -0.2) is 5.84 Å². The van der Waals surface area contributed by atoms with Crippen molar-refractivity contribution in [3.8, 4) is 0 Å². The zero-order chi connectivity index (χ0) is 11.0. The first-order valence-electron chi connectivity index (χ1n) is 4.88. The number of nitrogens with zero attached hydrogens (tertiary/aromatic N) is 1. The van der Waals surface area contributed by atoms with Crippen LogP contribution >= 0.6 is 0 Å². The molecule has 3 N–H and O–H groups in total. The van der Waals surface area contributed by atoms with E-state index in [0.29, 0.717) is 25.6 Å². The van der Waals surface area contributed by atoms with E-state index in [9.17, 15) is 4.79 Å². The van der Waals surface area contributed by atoms with Gasteiger partial charge >= 0.3 is 0 Å². The minimum atomic E-state index is -0.131. The lowest BCUT2D eigenvalue weighted by atomic mass is 10.2. The second-order valence-electron chi connectivity index (χ2n) is 3.25. The van der Waals surface area contributed by atoms with Crippen LogP contribution in [-0.2, 0) is 9.53 Å². The standard InChI is InChI=1S/C9H21N3O2/c1-4-12(8(2)7-14-3)6-5-9(13)11-10/h8H,4-7,10H2,1-3H3,(H,11,13). The summed E-state index contributed by atoms with van der Waals surface area (Å²) in [6.45, 7) is 6.43. The number of likely N-dealkylation sites (N-methyl/N-ethyl adjacent to an activating group) is 1. The minimum Gasteiger partial charge on any atom is -0.383 e. The monoisotopic (exact) mass is 203 g/mol. The Labute approximate surface area is 85.6 Å². The highest BCUT2D eigenvalue weighted by atomic mass is 16.5. The second kappa shape index (κ2) is 7.73. The summed E-state index contributed by atoms with van der Waals surface area (Å²) in [6.07, 6.45) is 0.429. The summed E-state index contributed by atoms with van der Waals surface area (Å²) in [5, 5.41) is 0. The van der Waals surface area contributed by atoms with Crippen molar-refractivity contribution in [2.75, 3.05) is 26.8 Å². The molecule has 0 fully saturated rings. The summed E-state index contributed by atoms with van der Waals surface area (Å²) >= 11 is 0. The van der Waals surface area contributed by atoms with Crippen molar-refractivity contribution in [2.24, 2.45) is 5.84 Å². The number of hydrazine groups is 1. The van der Waals surface area contributed by atoms with Crippen LogP contribution in [0, 0.1) is 0 Å². The number of ether oxygens (including phenoxy) is 1. The molecule has 0 heterocycles. The Morgan fingerprint density at radius 3 is 2.71 bits per heavy atom. The van der Waals surface area contributed by atoms with Crippen molar-refractivity contribution < 1.29 is 9.53 Å². The number of hydrogen-bond donors (Lipinski definition) is 2. The van der Waals surface area contributed by atoms with Crippen molar-refractivity contribution in [2.45, 2.75) is 26.3 Å². The fraction of sp³-hybridized carbons (Fsp3) is 0.889. The summed E-state index contributed by atoms with van der Waals surface area (Å²) < 4.78 is 5.05. The van der Waals surface area contributed by atoms with Crippen molar-refractivity contribution in [3.63, 3.8) is 0 Å². The Bertz CT molecular complexity index is 164. The van der Waals surface area contributed by atoms with Gasteiger partial charge in [0.2, 0.25) is 5.91 Å². The first kappa shape index (κ1) is 13.4. The number of rotatable bonds is 7. The SMILES string of the molecule is CCN(CCC(=O)NN)C(C)COC. The predicted octanol–water partition coefficient (Wildman–Crippen LogP) is -0.277. The Hall–Kier alpha value is -0.650. The number of nitrogens with one attached hydrogen (secondary N) is 1. The third-order valence-electron chi connectivity index (χ3n) is 2.22. The van der Waals surface area contributed by atoms with Gasteiger partial charge in [-0.3, -0.25) is 15.1 Å². The number of carbonyl (C=O) groups excluding carboxylic acids is 1. The molecule has 1 unspecified atom stereocenters. The normalized spacial score (nSPS) is 12.9. The lowest BCUT2D eigenvalue weighted by molar-refractivity contribution is -0.121. The van der Waals surface area contributed by atoms with Gasteiger partial charge in [0.05, 0.1) is 6.61 Å². The van der Waals surface area contributed by atoms with Crippen molar-refractivity contribution in [1.29, 1.82) is 0 Å². The predicted molar refractivity (Wildman–Crippen MR) is 55.5 cm³/mol. The molecule has 0 aliphatic rings. The molecule has 0 bridgehead atoms. The van der Waals surface area contributed by atoms with Gasteiger partial charge in [-0.15, -0.1) is 0 Å². The molecule has 1 atom stereocenters. The van der Waals surface area contributed by atoms with Crippen molar-refractivity contribution in [1.82, 2.24) is 10.3 Å². The molecule has 1 amide bonds. The number of methoxy groups -OCH3 is 1. The molecule has 84 valence electrons. The van der Waals surface area contributed by atoms with E-state index in [1.165, 1.54) is 0 Å². The Kier molecular flexibility index (Phi) is 7.37. The highest BCUT2D eigenvalue weighted by molar-refractivity contribution is 5.75. The van der Waals surface area contributed by atoms with E-state index in [1.807, 2.05) is 0 Å². The topological polar surface area (TPSA) is 67.6 Å². The lowest BCUT2D eigenvalue weighted by Crippen LogP contribution is -2.39. The lowest BCUT2D eigenvalue weighted by Gasteiger charge is -2.26. The molecule has 0 aliphatic carbocycles. The van der Waals surface area contributed by atoms with Gasteiger partial charge in [-0.1, -0.05) is 6.92 Å². The molecule has 5 nitrogen and oxygen atoms in total. The molecule has 0 aliphatic heterocycles. The molecular weight excluding hydrogens is 182 g/mol. The van der Waals surface area contributed by atoms with Crippen molar-refractivity contribution >= 4 is 5.91 Å². The quantitative estimate of drug-likeness (QED) is 0.339. The van der Waals surface area contributed by atoms with Gasteiger partial charge in [0.25, 0.3) is 0 Å². The third kappa shape index (κ3) is 5.16. The molecule has 0 radical (unpaired) electrons. The maximum absolute atomic E-state index is 10.9. The number of hydrogen-bond acceptors (Lipinski definition) is 4. The molecule has 0 aromatic heterocycles. The summed E-state index contributed by atoms with van der Waals surface area (Å²) in [6, 6.07) is 0.329. The van der Waals surface area contributed by atoms with Gasteiger partial charge in [0, 0.05) is 26.1 Å². The van der Waals surface area contributed by atoms with Gasteiger partial charge in [-0.2, -0.15) is 0 Å². The maximum atomic E-state index is 10.9. The van der Waals surface area contributed by atoms with E-state index in [2.05, 4.69) is 24.2 Å². The summed E-state index contributed by atoms with van der Waals surface area (Å²) in [5.41, 5.74) is 2.12. The van der Waals surface area contributed by atoms with Crippen LogP contribution in [0.2, 0.25) is 0 Å². The van der Waals surface area contributed by atoms with Gasteiger partial charge < -0.3 is 4.74 Å². The van der Waals surface area contributed by atoms with Crippen LogP contribution in [0.1, 0.15) is 20.3 Å². The smallest absolute Gasteiger partial charge is 0.235 e. The number of amides is 1. The van der Waals surface area contributed by atoms with Crippen LogP contribution in [0.3, 0.4) is 0 Å². The largest absolute Gasteiger partial charge is 0.383 e. The molecule has 0 aromatic rings. The summed E-state index contributed by atoms with van der Waals surface area (Å²) in [4.78, 5) is 13.1. The molecule has 14 heavy (non-hydrogen) atoms. The van der Waals surface area contributed by atoms with E-state index < -0.39 is 0 Å². The molecule has 0 saturated carbocycles. The highest BCUT2D eigenvalue weighted by Crippen LogP contribution is 2.00. The minimum absolute atomic E-state index is 0.131. The Balaban J connectivity index is 3.83. The third-order valence-corrected chi connectivity index (χ3v) is 2.22. The van der Waals surface area contributed by atoms with Crippen LogP contribution < -0.4 is 11.3 Å². The van der Waals surface area contributed by atoms with Gasteiger partial charge in [0.1, 0.15) is 0 Å². The first-order chi connectivity index (χ1) is 6.65. The second-order valence-corrected chi connectivity index (χ2v) is 3.25. The van der Waals surface area contributed by atoms with Crippen LogP contribution in [0.15, 0.2) is 0 Å². The fourth-order valence-electron chi connectivity index (χ4n) is 1.35. The summed E-state index contributed by atoms with van der Waals surface area (Å²) in [5.74, 6) is 4.86. The van der Waals surface area contributed by atoms with Crippen LogP contribution in [-0.4, -0.2) is 43.7 Å². The first-order valence-corrected chi connectivity index (χ1v) is 4.88. The molecule has 0 saturated heterocycles. The molecule has 0 rings (SSSR count). The van der Waals surface area contributed by atoms with E-state index in [-0.39, 0.29) is 5.91 Å². The van der Waals surface area contributed by atoms with E-state index in [1.54, 1.807) is 7.11 Å². The maximum Gasteiger partial charge on any atom is 0.235 e. The molecule has 0 spiro atoms. The van der Waals surface area contributed by atoms with Crippen LogP contribution in [0.25, 0.3) is 0 Å². The Morgan fingerprint density at radius 1 is 1.64 bits per heavy atom. The van der Waals surface area contributed by atoms with Crippen LogP contribution in [0.5, 0.6) is 0 Å². The van der Waals surface area contributed by atoms with E-state index in [0.717, 1.165) is 6.54 Å². The van der Waals surface area contributed by atoms with Crippen molar-refractivity contribution in [3.05, 3.63) is 0 Å². The number of nitrogens with two attached hydrogens (primary N) is 1. The zero-order valence-corrected chi connectivity index (χ0v) is 9.25. The molecular formula is C9H21N3O2. The average Bonchev–Trinajstić information content (AvgIpc) is 2.18. The zero-order valence-electron chi connectivity index (χ0n) is 9.25. The summed E-state index contributed by atoms with van der Waals surface area (Å²) in [7, 11) is 1.68. The van der Waals surface area contributed by atoms with Crippen LogP contribution in [0.4, 0.5) is 0 Å². The highest BCUT2D eigenvalue weighted by Gasteiger charge is 2.12. The Morgan fingerprint density at radius 2 is 2.29 bits per heavy atom. The van der Waals surface area contributed by atoms with Gasteiger partial charge in [0.15, 0.2) is 0 Å². The average molecular weight is 203 g/mol. The fourth-order valence-corrected chi connectivity index (χ4v) is 1.35. The molecule has 5 heteroatoms. The van der Waals surface area contributed by atoms with E-state index in [4.69, 9.17) is 10.6 Å². The van der Waals surface area contributed by atoms with E-state index >= 15 is 0 Å².